The first-order chi connectivity index (χ1) is 14.8. The van der Waals surface area contributed by atoms with Gasteiger partial charge in [0.25, 0.3) is 0 Å². The predicted octanol–water partition coefficient (Wildman–Crippen LogP) is 3.46. The van der Waals surface area contributed by atoms with Crippen LogP contribution >= 0.6 is 11.6 Å². The zero-order valence-corrected chi connectivity index (χ0v) is 18.0. The Hall–Kier alpha value is -3.26. The maximum absolute atomic E-state index is 13.0. The summed E-state index contributed by atoms with van der Waals surface area (Å²) in [5, 5.41) is 3.32. The maximum atomic E-state index is 13.0. The third-order valence-corrected chi connectivity index (χ3v) is 5.92. The molecule has 2 aromatic carbocycles. The molecule has 0 aliphatic carbocycles. The molecule has 1 saturated heterocycles. The number of anilines is 1. The van der Waals surface area contributed by atoms with E-state index in [0.717, 1.165) is 5.56 Å². The Morgan fingerprint density at radius 3 is 2.65 bits per heavy atom. The normalized spacial score (nSPS) is 19.8. The number of nitrogens with zero attached hydrogens (tertiary/aromatic N) is 1. The fraction of sp³-hybridized carbons (Fsp3) is 0.318. The molecule has 0 spiro atoms. The molecule has 0 saturated carbocycles. The van der Waals surface area contributed by atoms with E-state index < -0.39 is 18.2 Å². The SMILES string of the molecule is COc1ccc2c(c1OC)C(=O)O[C@H]2N1C(=O)CC[C@@H]1C(=O)Nc1ccc(C)c(Cl)c1. The van der Waals surface area contributed by atoms with Crippen molar-refractivity contribution < 1.29 is 28.6 Å². The number of carbonyl (C=O) groups is 3. The monoisotopic (exact) mass is 444 g/mol. The van der Waals surface area contributed by atoms with Crippen LogP contribution in [0.5, 0.6) is 11.5 Å². The number of hydrogen-bond donors (Lipinski definition) is 1. The van der Waals surface area contributed by atoms with Gasteiger partial charge in [0, 0.05) is 22.7 Å². The second-order valence-electron chi connectivity index (χ2n) is 7.33. The van der Waals surface area contributed by atoms with Crippen LogP contribution in [0.2, 0.25) is 5.02 Å². The number of methoxy groups -OCH3 is 2. The van der Waals surface area contributed by atoms with E-state index in [1.807, 2.05) is 6.92 Å². The van der Waals surface area contributed by atoms with Crippen molar-refractivity contribution >= 4 is 35.1 Å². The van der Waals surface area contributed by atoms with Crippen LogP contribution in [0.25, 0.3) is 0 Å². The van der Waals surface area contributed by atoms with Gasteiger partial charge in [0.05, 0.1) is 14.2 Å². The van der Waals surface area contributed by atoms with E-state index in [9.17, 15) is 14.4 Å². The van der Waals surface area contributed by atoms with Crippen LogP contribution in [-0.2, 0) is 14.3 Å². The molecule has 0 unspecified atom stereocenters. The number of halogens is 1. The van der Waals surface area contributed by atoms with Crippen LogP contribution in [-0.4, -0.2) is 42.9 Å². The minimum Gasteiger partial charge on any atom is -0.493 e. The van der Waals surface area contributed by atoms with Crippen molar-refractivity contribution in [3.8, 4) is 11.5 Å². The summed E-state index contributed by atoms with van der Waals surface area (Å²) >= 11 is 6.14. The molecule has 2 aromatic rings. The number of benzene rings is 2. The highest BCUT2D eigenvalue weighted by Crippen LogP contribution is 2.45. The molecule has 162 valence electrons. The summed E-state index contributed by atoms with van der Waals surface area (Å²) in [6, 6.07) is 7.66. The number of nitrogens with one attached hydrogen (secondary N) is 1. The van der Waals surface area contributed by atoms with Crippen molar-refractivity contribution in [2.75, 3.05) is 19.5 Å². The number of cyclic esters (lactones) is 1. The molecule has 0 bridgehead atoms. The standard InChI is InChI=1S/C22H21ClN2O6/c1-11-4-5-12(10-14(11)23)24-20(27)15-7-9-17(26)25(15)21-13-6-8-16(29-2)19(30-3)18(13)22(28)31-21/h4-6,8,10,15,21H,7,9H2,1-3H3,(H,24,27)/t15-,21-/m1/s1. The van der Waals surface area contributed by atoms with Gasteiger partial charge in [-0.1, -0.05) is 17.7 Å². The van der Waals surface area contributed by atoms with Crippen LogP contribution in [0.15, 0.2) is 30.3 Å². The minimum absolute atomic E-state index is 0.170. The molecule has 2 aliphatic heterocycles. The summed E-state index contributed by atoms with van der Waals surface area (Å²) < 4.78 is 16.1. The Labute approximate surface area is 184 Å². The summed E-state index contributed by atoms with van der Waals surface area (Å²) in [5.41, 5.74) is 2.05. The van der Waals surface area contributed by atoms with Gasteiger partial charge in [0.2, 0.25) is 18.0 Å². The molecule has 31 heavy (non-hydrogen) atoms. The lowest BCUT2D eigenvalue weighted by Crippen LogP contribution is -2.43. The van der Waals surface area contributed by atoms with Gasteiger partial charge in [-0.3, -0.25) is 14.5 Å². The Bertz CT molecular complexity index is 1090. The lowest BCUT2D eigenvalue weighted by atomic mass is 10.0. The molecule has 8 nitrogen and oxygen atoms in total. The van der Waals surface area contributed by atoms with E-state index >= 15 is 0 Å². The van der Waals surface area contributed by atoms with Crippen LogP contribution in [0, 0.1) is 6.92 Å². The number of amides is 2. The molecular formula is C22H21ClN2O6. The van der Waals surface area contributed by atoms with Crippen molar-refractivity contribution in [3.05, 3.63) is 52.0 Å². The van der Waals surface area contributed by atoms with E-state index in [4.69, 9.17) is 25.8 Å². The zero-order valence-electron chi connectivity index (χ0n) is 17.2. The Morgan fingerprint density at radius 2 is 1.97 bits per heavy atom. The van der Waals surface area contributed by atoms with Gasteiger partial charge in [0.1, 0.15) is 11.6 Å². The topological polar surface area (TPSA) is 94.2 Å². The number of esters is 1. The molecule has 1 fully saturated rings. The van der Waals surface area contributed by atoms with Crippen LogP contribution in [0.4, 0.5) is 5.69 Å². The molecule has 4 rings (SSSR count). The second kappa shape index (κ2) is 8.11. The summed E-state index contributed by atoms with van der Waals surface area (Å²) in [5.74, 6) is -0.690. The van der Waals surface area contributed by atoms with Gasteiger partial charge in [-0.15, -0.1) is 0 Å². The van der Waals surface area contributed by atoms with Crippen LogP contribution in [0.1, 0.15) is 40.6 Å². The van der Waals surface area contributed by atoms with Crippen molar-refractivity contribution in [2.24, 2.45) is 0 Å². The van der Waals surface area contributed by atoms with Crippen molar-refractivity contribution in [1.82, 2.24) is 4.90 Å². The van der Waals surface area contributed by atoms with E-state index in [2.05, 4.69) is 5.32 Å². The quantitative estimate of drug-likeness (QED) is 0.710. The van der Waals surface area contributed by atoms with E-state index in [1.165, 1.54) is 19.1 Å². The van der Waals surface area contributed by atoms with E-state index in [0.29, 0.717) is 28.4 Å². The van der Waals surface area contributed by atoms with Crippen LogP contribution < -0.4 is 14.8 Å². The molecular weight excluding hydrogens is 424 g/mol. The molecule has 2 atom stereocenters. The highest BCUT2D eigenvalue weighted by atomic mass is 35.5. The highest BCUT2D eigenvalue weighted by Gasteiger charge is 2.47. The number of rotatable bonds is 5. The third-order valence-electron chi connectivity index (χ3n) is 5.52. The summed E-state index contributed by atoms with van der Waals surface area (Å²) in [6.45, 7) is 1.86. The fourth-order valence-electron chi connectivity index (χ4n) is 3.94. The van der Waals surface area contributed by atoms with Gasteiger partial charge in [0.15, 0.2) is 11.5 Å². The molecule has 1 N–H and O–H groups in total. The average Bonchev–Trinajstić information content (AvgIpc) is 3.29. The number of ether oxygens (including phenoxy) is 3. The number of fused-ring (bicyclic) bond motifs is 1. The molecule has 0 radical (unpaired) electrons. The summed E-state index contributed by atoms with van der Waals surface area (Å²) in [7, 11) is 2.88. The highest BCUT2D eigenvalue weighted by molar-refractivity contribution is 6.31. The lowest BCUT2D eigenvalue weighted by molar-refractivity contribution is -0.144. The Kier molecular flexibility index (Phi) is 5.49. The first-order valence-corrected chi connectivity index (χ1v) is 10.1. The average molecular weight is 445 g/mol. The Morgan fingerprint density at radius 1 is 1.19 bits per heavy atom. The lowest BCUT2D eigenvalue weighted by Gasteiger charge is -2.29. The number of aryl methyl sites for hydroxylation is 1. The number of likely N-dealkylation sites (tertiary alicyclic amines) is 1. The van der Waals surface area contributed by atoms with Gasteiger partial charge in [-0.25, -0.2) is 4.79 Å². The molecule has 0 aromatic heterocycles. The number of carbonyl (C=O) groups excluding carboxylic acids is 3. The maximum Gasteiger partial charge on any atom is 0.344 e. The van der Waals surface area contributed by atoms with E-state index in [1.54, 1.807) is 30.3 Å². The van der Waals surface area contributed by atoms with Crippen LogP contribution in [0.3, 0.4) is 0 Å². The molecule has 2 heterocycles. The minimum atomic E-state index is -1.02. The number of hydrogen-bond acceptors (Lipinski definition) is 6. The van der Waals surface area contributed by atoms with Crippen molar-refractivity contribution in [3.63, 3.8) is 0 Å². The van der Waals surface area contributed by atoms with Gasteiger partial charge < -0.3 is 19.5 Å². The molecule has 2 amide bonds. The fourth-order valence-corrected chi connectivity index (χ4v) is 4.12. The second-order valence-corrected chi connectivity index (χ2v) is 7.74. The zero-order chi connectivity index (χ0) is 22.3. The third kappa shape index (κ3) is 3.57. The molecule has 2 aliphatic rings. The summed E-state index contributed by atoms with van der Waals surface area (Å²) in [4.78, 5) is 39.6. The Balaban J connectivity index is 1.64. The smallest absolute Gasteiger partial charge is 0.344 e. The largest absolute Gasteiger partial charge is 0.493 e. The van der Waals surface area contributed by atoms with E-state index in [-0.39, 0.29) is 29.5 Å². The summed E-state index contributed by atoms with van der Waals surface area (Å²) in [6.07, 6.45) is -0.542. The molecule has 9 heteroatoms. The van der Waals surface area contributed by atoms with Crippen molar-refractivity contribution in [1.29, 1.82) is 0 Å². The van der Waals surface area contributed by atoms with Gasteiger partial charge in [-0.05, 0) is 43.2 Å². The predicted molar refractivity (Wildman–Crippen MR) is 112 cm³/mol. The van der Waals surface area contributed by atoms with Crippen molar-refractivity contribution in [2.45, 2.75) is 32.0 Å². The first kappa shape index (κ1) is 21.0. The van der Waals surface area contributed by atoms with Gasteiger partial charge in [-0.2, -0.15) is 0 Å². The van der Waals surface area contributed by atoms with Gasteiger partial charge >= 0.3 is 5.97 Å². The first-order valence-electron chi connectivity index (χ1n) is 9.69.